The number of para-hydroxylation sites is 1. The average molecular weight is 431 g/mol. The lowest BCUT2D eigenvalue weighted by Crippen LogP contribution is -2.29. The molecule has 30 heavy (non-hydrogen) atoms. The van der Waals surface area contributed by atoms with Crippen LogP contribution in [-0.4, -0.2) is 10.5 Å². The third-order valence-corrected chi connectivity index (χ3v) is 6.13. The molecule has 1 heterocycles. The number of halogens is 1. The summed E-state index contributed by atoms with van der Waals surface area (Å²) in [5, 5.41) is 3.19. The van der Waals surface area contributed by atoms with Crippen LogP contribution in [0.2, 0.25) is 5.02 Å². The van der Waals surface area contributed by atoms with E-state index in [4.69, 9.17) is 11.6 Å². The van der Waals surface area contributed by atoms with Gasteiger partial charge in [-0.05, 0) is 49.1 Å². The molecule has 0 saturated heterocycles. The van der Waals surface area contributed by atoms with Crippen molar-refractivity contribution >= 4 is 23.2 Å². The largest absolute Gasteiger partial charge is 0.347 e. The van der Waals surface area contributed by atoms with Gasteiger partial charge in [0, 0.05) is 23.6 Å². The monoisotopic (exact) mass is 430 g/mol. The summed E-state index contributed by atoms with van der Waals surface area (Å²) in [6, 6.07) is 6.08. The number of amides is 1. The second-order valence-corrected chi connectivity index (χ2v) is 9.48. The summed E-state index contributed by atoms with van der Waals surface area (Å²) in [6.45, 7) is 17.1. The molecular weight excluding hydrogens is 396 g/mol. The summed E-state index contributed by atoms with van der Waals surface area (Å²) in [5.41, 5.74) is 4.02. The summed E-state index contributed by atoms with van der Waals surface area (Å²) in [4.78, 5) is 26.3. The van der Waals surface area contributed by atoms with E-state index < -0.39 is 11.3 Å². The Balaban J connectivity index is 2.59. The lowest BCUT2D eigenvalue weighted by Gasteiger charge is -2.22. The van der Waals surface area contributed by atoms with Crippen molar-refractivity contribution in [3.8, 4) is 0 Å². The van der Waals surface area contributed by atoms with Crippen LogP contribution in [0.1, 0.15) is 92.7 Å². The zero-order valence-electron chi connectivity index (χ0n) is 19.5. The van der Waals surface area contributed by atoms with E-state index in [-0.39, 0.29) is 22.4 Å². The standard InChI is InChI=1S/C25H35ClN2O2/c1-14(2)12-13-28-17(7)21(24(29)22(26)18(28)8)25(30)27-23-19(15(3)4)10-9-11-20(23)16(5)6/h9-11,14-16H,12-13H2,1-8H3,(H,27,30). The topological polar surface area (TPSA) is 51.1 Å². The number of nitrogens with zero attached hydrogens (tertiary/aromatic N) is 1. The molecule has 0 radical (unpaired) electrons. The van der Waals surface area contributed by atoms with Gasteiger partial charge >= 0.3 is 0 Å². The van der Waals surface area contributed by atoms with E-state index in [2.05, 4.69) is 46.9 Å². The molecule has 0 fully saturated rings. The van der Waals surface area contributed by atoms with Crippen LogP contribution in [0.15, 0.2) is 23.0 Å². The molecule has 2 rings (SSSR count). The number of carbonyl (C=O) groups excluding carboxylic acids is 1. The Morgan fingerprint density at radius 3 is 2.00 bits per heavy atom. The second kappa shape index (κ2) is 9.82. The Morgan fingerprint density at radius 2 is 1.53 bits per heavy atom. The van der Waals surface area contributed by atoms with E-state index in [1.807, 2.05) is 36.6 Å². The third kappa shape index (κ3) is 4.97. The molecule has 4 nitrogen and oxygen atoms in total. The zero-order valence-corrected chi connectivity index (χ0v) is 20.3. The Morgan fingerprint density at radius 1 is 1.00 bits per heavy atom. The first-order chi connectivity index (χ1) is 14.0. The number of hydrogen-bond donors (Lipinski definition) is 1. The summed E-state index contributed by atoms with van der Waals surface area (Å²) >= 11 is 6.37. The zero-order chi connectivity index (χ0) is 22.7. The fraction of sp³-hybridized carbons (Fsp3) is 0.520. The van der Waals surface area contributed by atoms with E-state index in [1.54, 1.807) is 0 Å². The molecule has 1 amide bonds. The van der Waals surface area contributed by atoms with Gasteiger partial charge in [0.05, 0.1) is 0 Å². The lowest BCUT2D eigenvalue weighted by atomic mass is 9.92. The van der Waals surface area contributed by atoms with Gasteiger partial charge in [0.25, 0.3) is 5.91 Å². The van der Waals surface area contributed by atoms with Gasteiger partial charge in [-0.3, -0.25) is 9.59 Å². The Kier molecular flexibility index (Phi) is 7.93. The maximum Gasteiger partial charge on any atom is 0.261 e. The fourth-order valence-electron chi connectivity index (χ4n) is 3.80. The van der Waals surface area contributed by atoms with E-state index in [0.717, 1.165) is 29.8 Å². The molecule has 1 N–H and O–H groups in total. The summed E-state index contributed by atoms with van der Waals surface area (Å²) in [5.74, 6) is 0.590. The van der Waals surface area contributed by atoms with Gasteiger partial charge in [-0.1, -0.05) is 71.3 Å². The van der Waals surface area contributed by atoms with Crippen molar-refractivity contribution in [2.45, 2.75) is 80.2 Å². The predicted molar refractivity (Wildman–Crippen MR) is 127 cm³/mol. The highest BCUT2D eigenvalue weighted by Gasteiger charge is 2.24. The van der Waals surface area contributed by atoms with Crippen LogP contribution >= 0.6 is 11.6 Å². The van der Waals surface area contributed by atoms with Crippen LogP contribution in [0.4, 0.5) is 5.69 Å². The molecule has 0 aliphatic carbocycles. The van der Waals surface area contributed by atoms with Crippen molar-refractivity contribution < 1.29 is 4.79 Å². The minimum absolute atomic E-state index is 0.121. The number of benzene rings is 1. The molecule has 0 aliphatic rings. The van der Waals surface area contributed by atoms with Crippen molar-refractivity contribution in [3.05, 3.63) is 61.5 Å². The molecule has 0 spiro atoms. The van der Waals surface area contributed by atoms with Crippen LogP contribution in [0.3, 0.4) is 0 Å². The maximum atomic E-state index is 13.4. The smallest absolute Gasteiger partial charge is 0.261 e. The minimum atomic E-state index is -0.405. The molecule has 2 aromatic rings. The molecule has 0 unspecified atom stereocenters. The maximum absolute atomic E-state index is 13.4. The van der Waals surface area contributed by atoms with Crippen LogP contribution < -0.4 is 10.7 Å². The molecule has 0 atom stereocenters. The average Bonchev–Trinajstić information content (AvgIpc) is 2.65. The molecule has 0 aliphatic heterocycles. The fourth-order valence-corrected chi connectivity index (χ4v) is 4.00. The minimum Gasteiger partial charge on any atom is -0.347 e. The van der Waals surface area contributed by atoms with Crippen LogP contribution in [0, 0.1) is 19.8 Å². The number of nitrogens with one attached hydrogen (secondary N) is 1. The Bertz CT molecular complexity index is 961. The molecule has 1 aromatic heterocycles. The molecule has 0 saturated carbocycles. The Hall–Kier alpha value is -2.07. The SMILES string of the molecule is Cc1c(Cl)c(=O)c(C(=O)Nc2c(C(C)C)cccc2C(C)C)c(C)n1CCC(C)C. The summed E-state index contributed by atoms with van der Waals surface area (Å²) < 4.78 is 2.00. The van der Waals surface area contributed by atoms with Crippen molar-refractivity contribution in [1.29, 1.82) is 0 Å². The highest BCUT2D eigenvalue weighted by Crippen LogP contribution is 2.33. The van der Waals surface area contributed by atoms with Crippen molar-refractivity contribution in [1.82, 2.24) is 4.57 Å². The van der Waals surface area contributed by atoms with E-state index in [0.29, 0.717) is 17.3 Å². The Labute approximate surface area is 185 Å². The highest BCUT2D eigenvalue weighted by molar-refractivity contribution is 6.31. The lowest BCUT2D eigenvalue weighted by molar-refractivity contribution is 0.102. The summed E-state index contributed by atoms with van der Waals surface area (Å²) in [7, 11) is 0. The molecule has 1 aromatic carbocycles. The molecule has 5 heteroatoms. The van der Waals surface area contributed by atoms with Gasteiger partial charge in [0.2, 0.25) is 5.43 Å². The van der Waals surface area contributed by atoms with Crippen LogP contribution in [0.5, 0.6) is 0 Å². The first-order valence-corrected chi connectivity index (χ1v) is 11.2. The number of pyridine rings is 1. The van der Waals surface area contributed by atoms with E-state index >= 15 is 0 Å². The van der Waals surface area contributed by atoms with Gasteiger partial charge in [-0.25, -0.2) is 0 Å². The van der Waals surface area contributed by atoms with Crippen molar-refractivity contribution in [2.24, 2.45) is 5.92 Å². The van der Waals surface area contributed by atoms with Gasteiger partial charge in [0.1, 0.15) is 10.6 Å². The quantitative estimate of drug-likeness (QED) is 0.533. The number of anilines is 1. The molecule has 0 bridgehead atoms. The van der Waals surface area contributed by atoms with E-state index in [1.165, 1.54) is 0 Å². The van der Waals surface area contributed by atoms with Crippen molar-refractivity contribution in [2.75, 3.05) is 5.32 Å². The predicted octanol–water partition coefficient (Wildman–Crippen LogP) is 6.66. The van der Waals surface area contributed by atoms with Crippen LogP contribution in [-0.2, 0) is 6.54 Å². The van der Waals surface area contributed by atoms with Crippen LogP contribution in [0.25, 0.3) is 0 Å². The molecule has 164 valence electrons. The van der Waals surface area contributed by atoms with Gasteiger partial charge in [0.15, 0.2) is 0 Å². The first kappa shape index (κ1) is 24.2. The number of hydrogen-bond acceptors (Lipinski definition) is 2. The number of aromatic nitrogens is 1. The number of rotatable bonds is 7. The molecular formula is C25H35ClN2O2. The van der Waals surface area contributed by atoms with Gasteiger partial charge in [-0.15, -0.1) is 0 Å². The highest BCUT2D eigenvalue weighted by atomic mass is 35.5. The van der Waals surface area contributed by atoms with Gasteiger partial charge < -0.3 is 9.88 Å². The second-order valence-electron chi connectivity index (χ2n) is 9.10. The summed E-state index contributed by atoms with van der Waals surface area (Å²) in [6.07, 6.45) is 0.940. The van der Waals surface area contributed by atoms with E-state index in [9.17, 15) is 9.59 Å². The van der Waals surface area contributed by atoms with Crippen molar-refractivity contribution in [3.63, 3.8) is 0 Å². The van der Waals surface area contributed by atoms with Gasteiger partial charge in [-0.2, -0.15) is 0 Å². The third-order valence-electron chi connectivity index (χ3n) is 5.68. The number of carbonyl (C=O) groups is 1. The normalized spacial score (nSPS) is 11.6. The first-order valence-electron chi connectivity index (χ1n) is 10.8.